The van der Waals surface area contributed by atoms with Crippen LogP contribution in [-0.2, 0) is 10.3 Å². The fourth-order valence-corrected chi connectivity index (χ4v) is 2.16. The lowest BCUT2D eigenvalue weighted by Crippen LogP contribution is -2.40. The molecule has 0 spiro atoms. The lowest BCUT2D eigenvalue weighted by Gasteiger charge is -2.29. The van der Waals surface area contributed by atoms with Crippen molar-refractivity contribution in [2.45, 2.75) is 12.5 Å². The van der Waals surface area contributed by atoms with E-state index in [4.69, 9.17) is 4.74 Å². The largest absolute Gasteiger partial charge is 0.372 e. The van der Waals surface area contributed by atoms with Crippen molar-refractivity contribution in [3.63, 3.8) is 0 Å². The topological polar surface area (TPSA) is 38.3 Å². The molecule has 1 N–H and O–H groups in total. The zero-order valence-corrected chi connectivity index (χ0v) is 12.7. The zero-order valence-electron chi connectivity index (χ0n) is 12.7. The second kappa shape index (κ2) is 6.83. The van der Waals surface area contributed by atoms with Crippen molar-refractivity contribution >= 4 is 5.91 Å². The lowest BCUT2D eigenvalue weighted by atomic mass is 9.95. The minimum absolute atomic E-state index is 0.0316. The van der Waals surface area contributed by atoms with Gasteiger partial charge in [0.05, 0.1) is 6.54 Å². The molecule has 2 rings (SSSR count). The van der Waals surface area contributed by atoms with Crippen LogP contribution < -0.4 is 5.32 Å². The van der Waals surface area contributed by atoms with E-state index >= 15 is 0 Å². The molecule has 6 heteroatoms. The van der Waals surface area contributed by atoms with Crippen molar-refractivity contribution < 1.29 is 22.7 Å². The molecule has 23 heavy (non-hydrogen) atoms. The summed E-state index contributed by atoms with van der Waals surface area (Å²) < 4.78 is 45.3. The molecule has 0 radical (unpaired) electrons. The molecule has 1 atom stereocenters. The van der Waals surface area contributed by atoms with Crippen LogP contribution in [0.1, 0.15) is 22.8 Å². The highest BCUT2D eigenvalue weighted by Crippen LogP contribution is 2.26. The molecule has 0 aliphatic heterocycles. The third kappa shape index (κ3) is 3.71. The molecule has 0 aliphatic rings. The normalized spacial score (nSPS) is 13.4. The second-order valence-electron chi connectivity index (χ2n) is 5.23. The number of nitrogens with one attached hydrogen (secondary N) is 1. The molecular formula is C17H16F3NO2. The van der Waals surface area contributed by atoms with Gasteiger partial charge in [-0.1, -0.05) is 18.2 Å². The molecule has 0 aliphatic carbocycles. The van der Waals surface area contributed by atoms with E-state index in [2.05, 4.69) is 5.32 Å². The molecule has 0 saturated carbocycles. The second-order valence-corrected chi connectivity index (χ2v) is 5.23. The number of methoxy groups -OCH3 is 1. The zero-order chi connectivity index (χ0) is 17.0. The summed E-state index contributed by atoms with van der Waals surface area (Å²) in [5.74, 6) is -3.21. The number of benzene rings is 2. The van der Waals surface area contributed by atoms with E-state index in [1.807, 2.05) is 0 Å². The van der Waals surface area contributed by atoms with Gasteiger partial charge in [0.15, 0.2) is 11.6 Å². The van der Waals surface area contributed by atoms with E-state index in [1.165, 1.54) is 19.2 Å². The predicted molar refractivity (Wildman–Crippen MR) is 79.5 cm³/mol. The van der Waals surface area contributed by atoms with Crippen molar-refractivity contribution in [2.24, 2.45) is 0 Å². The van der Waals surface area contributed by atoms with Crippen LogP contribution in [0.15, 0.2) is 42.5 Å². The highest BCUT2D eigenvalue weighted by atomic mass is 19.2. The van der Waals surface area contributed by atoms with Crippen LogP contribution in [0.25, 0.3) is 0 Å². The highest BCUT2D eigenvalue weighted by molar-refractivity contribution is 5.94. The van der Waals surface area contributed by atoms with Gasteiger partial charge in [0.1, 0.15) is 11.4 Å². The van der Waals surface area contributed by atoms with Gasteiger partial charge >= 0.3 is 0 Å². The SMILES string of the molecule is COC(C)(CNC(=O)c1ccc(F)c(F)c1)c1ccccc1F. The third-order valence-electron chi connectivity index (χ3n) is 3.66. The fraction of sp³-hybridized carbons (Fsp3) is 0.235. The van der Waals surface area contributed by atoms with Gasteiger partial charge in [-0.2, -0.15) is 0 Å². The van der Waals surface area contributed by atoms with Crippen molar-refractivity contribution in [1.82, 2.24) is 5.32 Å². The van der Waals surface area contributed by atoms with E-state index < -0.39 is 29.0 Å². The maximum absolute atomic E-state index is 13.9. The number of carbonyl (C=O) groups excluding carboxylic acids is 1. The molecule has 0 bridgehead atoms. The van der Waals surface area contributed by atoms with E-state index in [9.17, 15) is 18.0 Å². The minimum Gasteiger partial charge on any atom is -0.372 e. The average Bonchev–Trinajstić information content (AvgIpc) is 2.55. The Labute approximate surface area is 132 Å². The average molecular weight is 323 g/mol. The van der Waals surface area contributed by atoms with E-state index in [1.54, 1.807) is 25.1 Å². The van der Waals surface area contributed by atoms with Gasteiger partial charge in [0, 0.05) is 18.2 Å². The molecule has 2 aromatic carbocycles. The van der Waals surface area contributed by atoms with Gasteiger partial charge in [0.2, 0.25) is 0 Å². The van der Waals surface area contributed by atoms with Crippen molar-refractivity contribution in [3.8, 4) is 0 Å². The van der Waals surface area contributed by atoms with Crippen molar-refractivity contribution in [1.29, 1.82) is 0 Å². The Morgan fingerprint density at radius 1 is 1.09 bits per heavy atom. The molecule has 1 amide bonds. The third-order valence-corrected chi connectivity index (χ3v) is 3.66. The predicted octanol–water partition coefficient (Wildman–Crippen LogP) is 3.40. The quantitative estimate of drug-likeness (QED) is 0.916. The molecule has 122 valence electrons. The fourth-order valence-electron chi connectivity index (χ4n) is 2.16. The number of amides is 1. The Kier molecular flexibility index (Phi) is 5.05. The summed E-state index contributed by atoms with van der Waals surface area (Å²) in [7, 11) is 1.40. The highest BCUT2D eigenvalue weighted by Gasteiger charge is 2.30. The molecule has 0 saturated heterocycles. The summed E-state index contributed by atoms with van der Waals surface area (Å²) in [6, 6.07) is 8.91. The molecule has 0 aromatic heterocycles. The summed E-state index contributed by atoms with van der Waals surface area (Å²) >= 11 is 0. The van der Waals surface area contributed by atoms with Gasteiger partial charge in [0.25, 0.3) is 5.91 Å². The first-order chi connectivity index (χ1) is 10.9. The van der Waals surface area contributed by atoms with Crippen LogP contribution in [0.5, 0.6) is 0 Å². The van der Waals surface area contributed by atoms with Crippen LogP contribution >= 0.6 is 0 Å². The summed E-state index contributed by atoms with van der Waals surface area (Å²) in [4.78, 5) is 12.0. The smallest absolute Gasteiger partial charge is 0.251 e. The van der Waals surface area contributed by atoms with Gasteiger partial charge in [-0.05, 0) is 31.2 Å². The van der Waals surface area contributed by atoms with Crippen LogP contribution in [-0.4, -0.2) is 19.6 Å². The maximum atomic E-state index is 13.9. The summed E-state index contributed by atoms with van der Waals surface area (Å²) in [5.41, 5.74) is -0.844. The minimum atomic E-state index is -1.11. The number of rotatable bonds is 5. The molecule has 3 nitrogen and oxygen atoms in total. The lowest BCUT2D eigenvalue weighted by molar-refractivity contribution is 0.000386. The van der Waals surface area contributed by atoms with Crippen molar-refractivity contribution in [3.05, 3.63) is 71.0 Å². The number of ether oxygens (including phenoxy) is 1. The number of hydrogen-bond donors (Lipinski definition) is 1. The Hall–Kier alpha value is -2.34. The number of carbonyl (C=O) groups is 1. The van der Waals surface area contributed by atoms with Crippen LogP contribution in [0.3, 0.4) is 0 Å². The monoisotopic (exact) mass is 323 g/mol. The Morgan fingerprint density at radius 2 is 1.78 bits per heavy atom. The molecule has 0 heterocycles. The Balaban J connectivity index is 2.15. The van der Waals surface area contributed by atoms with E-state index in [0.29, 0.717) is 0 Å². The van der Waals surface area contributed by atoms with Gasteiger partial charge in [-0.15, -0.1) is 0 Å². The number of halogens is 3. The van der Waals surface area contributed by atoms with Gasteiger partial charge < -0.3 is 10.1 Å². The summed E-state index contributed by atoms with van der Waals surface area (Å²) in [6.45, 7) is 1.58. The molecular weight excluding hydrogens is 307 g/mol. The molecule has 1 unspecified atom stereocenters. The van der Waals surface area contributed by atoms with Crippen LogP contribution in [0.4, 0.5) is 13.2 Å². The number of hydrogen-bond acceptors (Lipinski definition) is 2. The van der Waals surface area contributed by atoms with E-state index in [-0.39, 0.29) is 17.7 Å². The maximum Gasteiger partial charge on any atom is 0.251 e. The standard InChI is InChI=1S/C17H16F3NO2/c1-17(23-2,12-5-3-4-6-13(12)18)10-21-16(22)11-7-8-14(19)15(20)9-11/h3-9H,10H2,1-2H3,(H,21,22). The molecule has 0 fully saturated rings. The Morgan fingerprint density at radius 3 is 2.39 bits per heavy atom. The Bertz CT molecular complexity index is 721. The summed E-state index contributed by atoms with van der Waals surface area (Å²) in [5, 5.41) is 2.54. The molecule has 2 aromatic rings. The first-order valence-corrected chi connectivity index (χ1v) is 6.91. The first-order valence-electron chi connectivity index (χ1n) is 6.91. The summed E-state index contributed by atoms with van der Waals surface area (Å²) in [6.07, 6.45) is 0. The van der Waals surface area contributed by atoms with Gasteiger partial charge in [-0.25, -0.2) is 13.2 Å². The van der Waals surface area contributed by atoms with E-state index in [0.717, 1.165) is 12.1 Å². The first kappa shape index (κ1) is 17.0. The van der Waals surface area contributed by atoms with Crippen molar-refractivity contribution in [2.75, 3.05) is 13.7 Å². The van der Waals surface area contributed by atoms with Crippen LogP contribution in [0.2, 0.25) is 0 Å². The van der Waals surface area contributed by atoms with Crippen LogP contribution in [0, 0.1) is 17.5 Å². The van der Waals surface area contributed by atoms with Gasteiger partial charge in [-0.3, -0.25) is 4.79 Å².